The second-order valence-electron chi connectivity index (χ2n) is 4.94. The molecule has 0 radical (unpaired) electrons. The van der Waals surface area contributed by atoms with Crippen molar-refractivity contribution in [2.24, 2.45) is 0 Å². The monoisotopic (exact) mass is 276 g/mol. The van der Waals surface area contributed by atoms with Crippen LogP contribution in [0.25, 0.3) is 11.3 Å². The summed E-state index contributed by atoms with van der Waals surface area (Å²) in [7, 11) is 0. The first-order valence-electron chi connectivity index (χ1n) is 6.80. The van der Waals surface area contributed by atoms with Crippen LogP contribution < -0.4 is 5.32 Å². The van der Waals surface area contributed by atoms with Crippen LogP contribution in [0.2, 0.25) is 0 Å². The van der Waals surface area contributed by atoms with Gasteiger partial charge in [0.15, 0.2) is 0 Å². The zero-order valence-corrected chi connectivity index (χ0v) is 12.0. The van der Waals surface area contributed by atoms with E-state index in [1.165, 1.54) is 11.1 Å². The smallest absolute Gasteiger partial charge is 0.227 e. The van der Waals surface area contributed by atoms with Crippen molar-refractivity contribution in [1.82, 2.24) is 15.0 Å². The minimum Gasteiger partial charge on any atom is -0.324 e. The fraction of sp³-hybridized carbons (Fsp3) is 0.118. The molecule has 1 aromatic carbocycles. The highest BCUT2D eigenvalue weighted by molar-refractivity contribution is 5.63. The molecule has 0 atom stereocenters. The predicted octanol–water partition coefficient (Wildman–Crippen LogP) is 3.90. The Kier molecular flexibility index (Phi) is 3.60. The molecule has 104 valence electrons. The minimum absolute atomic E-state index is 0.595. The maximum absolute atomic E-state index is 4.56. The van der Waals surface area contributed by atoms with Gasteiger partial charge >= 0.3 is 0 Å². The number of pyridine rings is 1. The van der Waals surface area contributed by atoms with Crippen molar-refractivity contribution in [3.05, 3.63) is 66.1 Å². The van der Waals surface area contributed by atoms with Crippen LogP contribution in [-0.4, -0.2) is 15.0 Å². The Hall–Kier alpha value is -2.75. The molecule has 0 saturated carbocycles. The van der Waals surface area contributed by atoms with Gasteiger partial charge in [0.2, 0.25) is 5.95 Å². The summed E-state index contributed by atoms with van der Waals surface area (Å²) in [4.78, 5) is 12.9. The molecule has 0 spiro atoms. The van der Waals surface area contributed by atoms with Crippen LogP contribution in [0, 0.1) is 13.8 Å². The minimum atomic E-state index is 0.595. The van der Waals surface area contributed by atoms with Gasteiger partial charge in [0.25, 0.3) is 0 Å². The maximum atomic E-state index is 4.56. The first-order chi connectivity index (χ1) is 10.2. The van der Waals surface area contributed by atoms with Gasteiger partial charge in [-0.15, -0.1) is 0 Å². The van der Waals surface area contributed by atoms with Crippen LogP contribution in [0.3, 0.4) is 0 Å². The van der Waals surface area contributed by atoms with Crippen molar-refractivity contribution < 1.29 is 0 Å². The van der Waals surface area contributed by atoms with Gasteiger partial charge in [0, 0.05) is 29.8 Å². The lowest BCUT2D eigenvalue weighted by Crippen LogP contribution is -1.99. The van der Waals surface area contributed by atoms with E-state index >= 15 is 0 Å². The number of hydrogen-bond donors (Lipinski definition) is 1. The number of aromatic nitrogens is 3. The normalized spacial score (nSPS) is 10.4. The van der Waals surface area contributed by atoms with Gasteiger partial charge in [-0.05, 0) is 49.2 Å². The van der Waals surface area contributed by atoms with Gasteiger partial charge in [0.05, 0.1) is 5.69 Å². The highest BCUT2D eigenvalue weighted by Gasteiger charge is 2.04. The maximum Gasteiger partial charge on any atom is 0.227 e. The second-order valence-corrected chi connectivity index (χ2v) is 4.94. The van der Waals surface area contributed by atoms with Crippen molar-refractivity contribution in [3.8, 4) is 11.3 Å². The number of rotatable bonds is 3. The molecule has 4 nitrogen and oxygen atoms in total. The van der Waals surface area contributed by atoms with Gasteiger partial charge in [0.1, 0.15) is 0 Å². The predicted molar refractivity (Wildman–Crippen MR) is 84.5 cm³/mol. The number of aryl methyl sites for hydroxylation is 2. The number of hydrogen-bond acceptors (Lipinski definition) is 4. The number of benzene rings is 1. The summed E-state index contributed by atoms with van der Waals surface area (Å²) in [6.07, 6.45) is 5.28. The fourth-order valence-corrected chi connectivity index (χ4v) is 2.09. The molecule has 3 rings (SSSR count). The Morgan fingerprint density at radius 2 is 1.71 bits per heavy atom. The quantitative estimate of drug-likeness (QED) is 0.788. The third-order valence-corrected chi connectivity index (χ3v) is 3.27. The molecule has 2 heterocycles. The molecule has 0 unspecified atom stereocenters. The summed E-state index contributed by atoms with van der Waals surface area (Å²) < 4.78 is 0. The van der Waals surface area contributed by atoms with Crippen molar-refractivity contribution in [1.29, 1.82) is 0 Å². The SMILES string of the molecule is Cc1ccc(C)c(Nc2nccc(-c3ccncc3)n2)c1. The van der Waals surface area contributed by atoms with Crippen LogP contribution >= 0.6 is 0 Å². The van der Waals surface area contributed by atoms with E-state index in [1.54, 1.807) is 18.6 Å². The Morgan fingerprint density at radius 1 is 0.905 bits per heavy atom. The Labute approximate surface area is 123 Å². The van der Waals surface area contributed by atoms with E-state index in [9.17, 15) is 0 Å². The summed E-state index contributed by atoms with van der Waals surface area (Å²) in [6, 6.07) is 12.0. The summed E-state index contributed by atoms with van der Waals surface area (Å²) in [5.41, 5.74) is 5.30. The van der Waals surface area contributed by atoms with Gasteiger partial charge in [-0.1, -0.05) is 12.1 Å². The Bertz CT molecular complexity index is 754. The van der Waals surface area contributed by atoms with Gasteiger partial charge in [-0.3, -0.25) is 4.98 Å². The fourth-order valence-electron chi connectivity index (χ4n) is 2.09. The molecule has 0 fully saturated rings. The lowest BCUT2D eigenvalue weighted by atomic mass is 10.1. The van der Waals surface area contributed by atoms with Crippen LogP contribution in [0.4, 0.5) is 11.6 Å². The molecule has 0 saturated heterocycles. The molecular weight excluding hydrogens is 260 g/mol. The average molecular weight is 276 g/mol. The second kappa shape index (κ2) is 5.71. The third kappa shape index (κ3) is 3.05. The Morgan fingerprint density at radius 3 is 2.52 bits per heavy atom. The lowest BCUT2D eigenvalue weighted by Gasteiger charge is -2.10. The number of nitrogens with zero attached hydrogens (tertiary/aromatic N) is 3. The van der Waals surface area contributed by atoms with E-state index in [0.717, 1.165) is 16.9 Å². The lowest BCUT2D eigenvalue weighted by molar-refractivity contribution is 1.16. The molecule has 4 heteroatoms. The topological polar surface area (TPSA) is 50.7 Å². The molecule has 0 bridgehead atoms. The standard InChI is InChI=1S/C17H16N4/c1-12-3-4-13(2)16(11-12)21-17-19-10-7-15(20-17)14-5-8-18-9-6-14/h3-11H,1-2H3,(H,19,20,21). The van der Waals surface area contributed by atoms with Crippen LogP contribution in [0.15, 0.2) is 55.0 Å². The highest BCUT2D eigenvalue weighted by Crippen LogP contribution is 2.21. The van der Waals surface area contributed by atoms with E-state index in [2.05, 4.69) is 52.3 Å². The van der Waals surface area contributed by atoms with Crippen molar-refractivity contribution in [2.45, 2.75) is 13.8 Å². The summed E-state index contributed by atoms with van der Waals surface area (Å²) in [5.74, 6) is 0.595. The van der Waals surface area contributed by atoms with E-state index in [0.29, 0.717) is 5.95 Å². The molecule has 1 N–H and O–H groups in total. The molecule has 2 aromatic heterocycles. The van der Waals surface area contributed by atoms with E-state index in [4.69, 9.17) is 0 Å². The molecule has 0 aliphatic rings. The first-order valence-corrected chi connectivity index (χ1v) is 6.80. The molecule has 0 amide bonds. The highest BCUT2D eigenvalue weighted by atomic mass is 15.1. The van der Waals surface area contributed by atoms with Crippen molar-refractivity contribution in [3.63, 3.8) is 0 Å². The molecule has 3 aromatic rings. The van der Waals surface area contributed by atoms with Crippen LogP contribution in [0.5, 0.6) is 0 Å². The molecule has 0 aliphatic carbocycles. The number of anilines is 2. The number of nitrogens with one attached hydrogen (secondary N) is 1. The van der Waals surface area contributed by atoms with Gasteiger partial charge in [-0.25, -0.2) is 9.97 Å². The van der Waals surface area contributed by atoms with Gasteiger partial charge in [-0.2, -0.15) is 0 Å². The largest absolute Gasteiger partial charge is 0.324 e. The third-order valence-electron chi connectivity index (χ3n) is 3.27. The zero-order valence-electron chi connectivity index (χ0n) is 12.0. The first kappa shape index (κ1) is 13.2. The van der Waals surface area contributed by atoms with Crippen LogP contribution in [0.1, 0.15) is 11.1 Å². The molecule has 0 aliphatic heterocycles. The molecular formula is C17H16N4. The average Bonchev–Trinajstić information content (AvgIpc) is 2.52. The van der Waals surface area contributed by atoms with E-state index in [-0.39, 0.29) is 0 Å². The van der Waals surface area contributed by atoms with Crippen molar-refractivity contribution in [2.75, 3.05) is 5.32 Å². The molecule has 21 heavy (non-hydrogen) atoms. The Balaban J connectivity index is 1.92. The summed E-state index contributed by atoms with van der Waals surface area (Å²) >= 11 is 0. The zero-order chi connectivity index (χ0) is 14.7. The summed E-state index contributed by atoms with van der Waals surface area (Å²) in [6.45, 7) is 4.13. The van der Waals surface area contributed by atoms with E-state index in [1.807, 2.05) is 18.2 Å². The van der Waals surface area contributed by atoms with E-state index < -0.39 is 0 Å². The van der Waals surface area contributed by atoms with Gasteiger partial charge < -0.3 is 5.32 Å². The summed E-state index contributed by atoms with van der Waals surface area (Å²) in [5, 5.41) is 3.29. The van der Waals surface area contributed by atoms with Crippen molar-refractivity contribution >= 4 is 11.6 Å². The van der Waals surface area contributed by atoms with Crippen LogP contribution in [-0.2, 0) is 0 Å².